The Hall–Kier alpha value is -3.80. The first-order valence-corrected chi connectivity index (χ1v) is 10.7. The van der Waals surface area contributed by atoms with Gasteiger partial charge in [-0.15, -0.1) is 0 Å². The van der Waals surface area contributed by atoms with E-state index in [2.05, 4.69) is 10.6 Å². The van der Waals surface area contributed by atoms with Gasteiger partial charge in [0, 0.05) is 13.0 Å². The van der Waals surface area contributed by atoms with Gasteiger partial charge in [-0.05, 0) is 29.7 Å². The molecule has 0 aliphatic rings. The maximum atomic E-state index is 12.8. The molecule has 0 saturated heterocycles. The number of para-hydroxylation sites is 1. The number of alkyl carbamates (subject to hydrolysis) is 1. The van der Waals surface area contributed by atoms with Crippen LogP contribution in [-0.2, 0) is 22.6 Å². The summed E-state index contributed by atoms with van der Waals surface area (Å²) in [5, 5.41) is 5.58. The van der Waals surface area contributed by atoms with Gasteiger partial charge in [0.05, 0.1) is 6.61 Å². The van der Waals surface area contributed by atoms with E-state index in [1.807, 2.05) is 91.0 Å². The molecule has 1 atom stereocenters. The first-order valence-electron chi connectivity index (χ1n) is 10.7. The van der Waals surface area contributed by atoms with Crippen molar-refractivity contribution in [2.24, 2.45) is 0 Å². The Morgan fingerprint density at radius 1 is 0.781 bits per heavy atom. The molecule has 0 bridgehead atoms. The molecule has 3 aromatic rings. The second-order valence-corrected chi connectivity index (χ2v) is 7.25. The average Bonchev–Trinajstić information content (AvgIpc) is 2.84. The van der Waals surface area contributed by atoms with Crippen LogP contribution in [0.2, 0.25) is 0 Å². The van der Waals surface area contributed by atoms with Gasteiger partial charge in [0.2, 0.25) is 5.91 Å². The molecule has 0 aliphatic carbocycles. The highest BCUT2D eigenvalue weighted by atomic mass is 16.5. The Bertz CT molecular complexity index is 949. The monoisotopic (exact) mass is 432 g/mol. The summed E-state index contributed by atoms with van der Waals surface area (Å²) in [5.74, 6) is 0.536. The summed E-state index contributed by atoms with van der Waals surface area (Å²) < 4.78 is 10.9. The Morgan fingerprint density at radius 3 is 2.03 bits per heavy atom. The molecule has 1 unspecified atom stereocenters. The van der Waals surface area contributed by atoms with E-state index in [0.29, 0.717) is 26.0 Å². The largest absolute Gasteiger partial charge is 0.494 e. The summed E-state index contributed by atoms with van der Waals surface area (Å²) in [6.07, 6.45) is 0.391. The Morgan fingerprint density at radius 2 is 1.38 bits per heavy atom. The van der Waals surface area contributed by atoms with Gasteiger partial charge in [-0.2, -0.15) is 0 Å². The lowest BCUT2D eigenvalue weighted by Gasteiger charge is -2.18. The summed E-state index contributed by atoms with van der Waals surface area (Å²) >= 11 is 0. The van der Waals surface area contributed by atoms with E-state index in [1.165, 1.54) is 0 Å². The number of benzene rings is 3. The standard InChI is InChI=1S/C26H28N2O4/c29-25(27-17-10-18-31-23-15-8-3-9-16-23)24(19-21-11-4-1-5-12-21)28-26(30)32-20-22-13-6-2-7-14-22/h1-9,11-16,24H,10,17-20H2,(H,27,29)(H,28,30). The van der Waals surface area contributed by atoms with Gasteiger partial charge in [0.1, 0.15) is 18.4 Å². The van der Waals surface area contributed by atoms with E-state index < -0.39 is 12.1 Å². The minimum Gasteiger partial charge on any atom is -0.494 e. The molecule has 0 spiro atoms. The van der Waals surface area contributed by atoms with Gasteiger partial charge < -0.3 is 20.1 Å². The van der Waals surface area contributed by atoms with Crippen LogP contribution in [0.15, 0.2) is 91.0 Å². The van der Waals surface area contributed by atoms with Crippen LogP contribution in [-0.4, -0.2) is 31.2 Å². The zero-order chi connectivity index (χ0) is 22.4. The van der Waals surface area contributed by atoms with Crippen LogP contribution < -0.4 is 15.4 Å². The minimum atomic E-state index is -0.740. The molecule has 3 aromatic carbocycles. The third kappa shape index (κ3) is 8.14. The molecule has 2 amide bonds. The Labute approximate surface area is 188 Å². The van der Waals surface area contributed by atoms with Crippen molar-refractivity contribution in [1.29, 1.82) is 0 Å². The van der Waals surface area contributed by atoms with Crippen molar-refractivity contribution < 1.29 is 19.1 Å². The summed E-state index contributed by atoms with van der Waals surface area (Å²) in [6.45, 7) is 1.07. The quantitative estimate of drug-likeness (QED) is 0.447. The second kappa shape index (κ2) is 12.8. The third-order valence-corrected chi connectivity index (χ3v) is 4.74. The molecule has 0 aliphatic heterocycles. The van der Waals surface area contributed by atoms with Crippen LogP contribution in [0.5, 0.6) is 5.75 Å². The number of rotatable bonds is 11. The molecule has 0 fully saturated rings. The SMILES string of the molecule is O=C(NC(Cc1ccccc1)C(=O)NCCCOc1ccccc1)OCc1ccccc1. The van der Waals surface area contributed by atoms with Gasteiger partial charge in [-0.1, -0.05) is 78.9 Å². The topological polar surface area (TPSA) is 76.7 Å². The molecule has 3 rings (SSSR count). The lowest BCUT2D eigenvalue weighted by molar-refractivity contribution is -0.123. The summed E-state index contributed by atoms with van der Waals surface area (Å²) in [5.41, 5.74) is 1.83. The highest BCUT2D eigenvalue weighted by molar-refractivity contribution is 5.85. The first-order chi connectivity index (χ1) is 15.7. The van der Waals surface area contributed by atoms with Crippen molar-refractivity contribution in [1.82, 2.24) is 10.6 Å². The normalized spacial score (nSPS) is 11.2. The average molecular weight is 433 g/mol. The third-order valence-electron chi connectivity index (χ3n) is 4.74. The van der Waals surface area contributed by atoms with Crippen molar-refractivity contribution in [2.75, 3.05) is 13.2 Å². The smallest absolute Gasteiger partial charge is 0.408 e. The maximum absolute atomic E-state index is 12.8. The summed E-state index contributed by atoms with van der Waals surface area (Å²) in [7, 11) is 0. The predicted molar refractivity (Wildman–Crippen MR) is 123 cm³/mol. The fourth-order valence-electron chi connectivity index (χ4n) is 3.08. The number of hydrogen-bond donors (Lipinski definition) is 2. The van der Waals surface area contributed by atoms with Crippen LogP contribution in [0, 0.1) is 0 Å². The molecule has 0 saturated carbocycles. The fourth-order valence-corrected chi connectivity index (χ4v) is 3.08. The highest BCUT2D eigenvalue weighted by Crippen LogP contribution is 2.08. The van der Waals surface area contributed by atoms with Crippen LogP contribution >= 0.6 is 0 Å². The maximum Gasteiger partial charge on any atom is 0.408 e. The fraction of sp³-hybridized carbons (Fsp3) is 0.231. The van der Waals surface area contributed by atoms with E-state index >= 15 is 0 Å². The lowest BCUT2D eigenvalue weighted by Crippen LogP contribution is -2.48. The van der Waals surface area contributed by atoms with Crippen LogP contribution in [0.25, 0.3) is 0 Å². The lowest BCUT2D eigenvalue weighted by atomic mass is 10.1. The van der Waals surface area contributed by atoms with E-state index in [0.717, 1.165) is 16.9 Å². The van der Waals surface area contributed by atoms with Crippen molar-refractivity contribution in [3.63, 3.8) is 0 Å². The first kappa shape index (κ1) is 22.9. The van der Waals surface area contributed by atoms with E-state index in [9.17, 15) is 9.59 Å². The number of ether oxygens (including phenoxy) is 2. The highest BCUT2D eigenvalue weighted by Gasteiger charge is 2.21. The minimum absolute atomic E-state index is 0.142. The van der Waals surface area contributed by atoms with E-state index in [1.54, 1.807) is 0 Å². The predicted octanol–water partition coefficient (Wildman–Crippen LogP) is 4.11. The number of amides is 2. The Kier molecular flexibility index (Phi) is 9.15. The molecule has 0 aromatic heterocycles. The van der Waals surface area contributed by atoms with Crippen LogP contribution in [0.4, 0.5) is 4.79 Å². The Balaban J connectivity index is 1.48. The van der Waals surface area contributed by atoms with Crippen molar-refractivity contribution in [3.05, 3.63) is 102 Å². The molecule has 0 heterocycles. The van der Waals surface area contributed by atoms with Gasteiger partial charge in [-0.25, -0.2) is 4.79 Å². The summed E-state index contributed by atoms with van der Waals surface area (Å²) in [4.78, 5) is 25.1. The number of nitrogens with one attached hydrogen (secondary N) is 2. The van der Waals surface area contributed by atoms with Gasteiger partial charge >= 0.3 is 6.09 Å². The second-order valence-electron chi connectivity index (χ2n) is 7.25. The van der Waals surface area contributed by atoms with E-state index in [-0.39, 0.29) is 12.5 Å². The number of hydrogen-bond acceptors (Lipinski definition) is 4. The zero-order valence-corrected chi connectivity index (χ0v) is 17.9. The van der Waals surface area contributed by atoms with E-state index in [4.69, 9.17) is 9.47 Å². The zero-order valence-electron chi connectivity index (χ0n) is 17.9. The van der Waals surface area contributed by atoms with Crippen LogP contribution in [0.3, 0.4) is 0 Å². The molecule has 6 nitrogen and oxygen atoms in total. The van der Waals surface area contributed by atoms with Crippen molar-refractivity contribution >= 4 is 12.0 Å². The van der Waals surface area contributed by atoms with Crippen LogP contribution in [0.1, 0.15) is 17.5 Å². The van der Waals surface area contributed by atoms with Gasteiger partial charge in [-0.3, -0.25) is 4.79 Å². The summed E-state index contributed by atoms with van der Waals surface area (Å²) in [6, 6.07) is 27.7. The molecule has 6 heteroatoms. The molecular formula is C26H28N2O4. The molecule has 0 radical (unpaired) electrons. The number of carbonyl (C=O) groups is 2. The molecule has 166 valence electrons. The van der Waals surface area contributed by atoms with Gasteiger partial charge in [0.15, 0.2) is 0 Å². The van der Waals surface area contributed by atoms with Crippen molar-refractivity contribution in [2.45, 2.75) is 25.5 Å². The number of carbonyl (C=O) groups excluding carboxylic acids is 2. The molecule has 32 heavy (non-hydrogen) atoms. The van der Waals surface area contributed by atoms with Crippen molar-refractivity contribution in [3.8, 4) is 5.75 Å². The molecule has 2 N–H and O–H groups in total. The van der Waals surface area contributed by atoms with Gasteiger partial charge in [0.25, 0.3) is 0 Å². The molecular weight excluding hydrogens is 404 g/mol.